The van der Waals surface area contributed by atoms with Crippen molar-refractivity contribution in [3.05, 3.63) is 41.0 Å². The number of halogens is 5. The van der Waals surface area contributed by atoms with Crippen LogP contribution in [-0.2, 0) is 6.18 Å². The molecule has 0 saturated carbocycles. The van der Waals surface area contributed by atoms with E-state index < -0.39 is 22.6 Å². The Morgan fingerprint density at radius 1 is 1.23 bits per heavy atom. The van der Waals surface area contributed by atoms with Crippen LogP contribution in [0.15, 0.2) is 12.1 Å². The van der Waals surface area contributed by atoms with Crippen LogP contribution in [0.4, 0.5) is 17.6 Å². The molecular weight excluding hydrogens is 208 g/mol. The number of hydrogen-bond donors (Lipinski definition) is 0. The molecule has 71 valence electrons. The molecule has 0 bridgehead atoms. The Morgan fingerprint density at radius 2 is 1.77 bits per heavy atom. The SMILES string of the molecule is [CH2]c1cc(C(F)(F)F)cc(Cl)c1F. The van der Waals surface area contributed by atoms with E-state index in [0.29, 0.717) is 12.1 Å². The van der Waals surface area contributed by atoms with Gasteiger partial charge in [0.1, 0.15) is 5.82 Å². The molecular formula is C8H4ClF4. The minimum atomic E-state index is -4.52. The molecule has 5 heteroatoms. The lowest BCUT2D eigenvalue weighted by atomic mass is 10.1. The van der Waals surface area contributed by atoms with E-state index in [0.717, 1.165) is 0 Å². The minimum Gasteiger partial charge on any atom is -0.205 e. The number of alkyl halides is 3. The highest BCUT2D eigenvalue weighted by Gasteiger charge is 2.31. The van der Waals surface area contributed by atoms with Crippen molar-refractivity contribution in [3.8, 4) is 0 Å². The Morgan fingerprint density at radius 3 is 2.15 bits per heavy atom. The molecule has 1 radical (unpaired) electrons. The molecule has 0 N–H and O–H groups in total. The van der Waals surface area contributed by atoms with Crippen molar-refractivity contribution in [2.45, 2.75) is 6.18 Å². The second-order valence-electron chi connectivity index (χ2n) is 2.43. The first-order valence-corrected chi connectivity index (χ1v) is 3.58. The van der Waals surface area contributed by atoms with Crippen LogP contribution in [0.5, 0.6) is 0 Å². The van der Waals surface area contributed by atoms with E-state index in [1.165, 1.54) is 0 Å². The molecule has 0 saturated heterocycles. The molecule has 0 aromatic heterocycles. The van der Waals surface area contributed by atoms with Crippen molar-refractivity contribution in [2.24, 2.45) is 0 Å². The average Bonchev–Trinajstić information content (AvgIpc) is 1.97. The first-order chi connectivity index (χ1) is 5.82. The lowest BCUT2D eigenvalue weighted by Gasteiger charge is -2.08. The van der Waals surface area contributed by atoms with Crippen molar-refractivity contribution in [1.82, 2.24) is 0 Å². The van der Waals surface area contributed by atoms with E-state index in [4.69, 9.17) is 11.6 Å². The van der Waals surface area contributed by atoms with E-state index in [2.05, 4.69) is 6.92 Å². The third kappa shape index (κ3) is 2.12. The van der Waals surface area contributed by atoms with E-state index in [1.807, 2.05) is 0 Å². The van der Waals surface area contributed by atoms with E-state index in [1.54, 1.807) is 0 Å². The minimum absolute atomic E-state index is 0.361. The molecule has 0 unspecified atom stereocenters. The van der Waals surface area contributed by atoms with Crippen LogP contribution in [0.25, 0.3) is 0 Å². The highest BCUT2D eigenvalue weighted by atomic mass is 35.5. The van der Waals surface area contributed by atoms with Crippen LogP contribution in [0.1, 0.15) is 11.1 Å². The molecule has 1 aromatic rings. The molecule has 0 heterocycles. The summed E-state index contributed by atoms with van der Waals surface area (Å²) in [7, 11) is 0. The molecule has 1 aromatic carbocycles. The Hall–Kier alpha value is -0.770. The molecule has 0 nitrogen and oxygen atoms in total. The van der Waals surface area contributed by atoms with Crippen LogP contribution in [0, 0.1) is 12.7 Å². The zero-order valence-corrected chi connectivity index (χ0v) is 7.01. The Bertz CT molecular complexity index is 306. The molecule has 0 amide bonds. The molecule has 0 spiro atoms. The molecule has 0 aliphatic rings. The van der Waals surface area contributed by atoms with Gasteiger partial charge >= 0.3 is 6.18 Å². The Balaban J connectivity index is 3.29. The maximum Gasteiger partial charge on any atom is 0.416 e. The van der Waals surface area contributed by atoms with Gasteiger partial charge in [-0.1, -0.05) is 11.6 Å². The predicted octanol–water partition coefficient (Wildman–Crippen LogP) is 3.68. The van der Waals surface area contributed by atoms with Gasteiger partial charge in [0.25, 0.3) is 0 Å². The first kappa shape index (κ1) is 10.3. The van der Waals surface area contributed by atoms with Gasteiger partial charge in [0.2, 0.25) is 0 Å². The van der Waals surface area contributed by atoms with Gasteiger partial charge < -0.3 is 0 Å². The van der Waals surface area contributed by atoms with Gasteiger partial charge in [-0.2, -0.15) is 13.2 Å². The molecule has 0 fully saturated rings. The molecule has 1 rings (SSSR count). The van der Waals surface area contributed by atoms with E-state index >= 15 is 0 Å². The third-order valence-corrected chi connectivity index (χ3v) is 1.71. The fourth-order valence-corrected chi connectivity index (χ4v) is 1.05. The zero-order chi connectivity index (χ0) is 10.2. The van der Waals surface area contributed by atoms with Gasteiger partial charge in [0.05, 0.1) is 10.6 Å². The van der Waals surface area contributed by atoms with Crippen LogP contribution in [-0.4, -0.2) is 0 Å². The molecule has 13 heavy (non-hydrogen) atoms. The van der Waals surface area contributed by atoms with Crippen molar-refractivity contribution < 1.29 is 17.6 Å². The molecule has 0 atom stereocenters. The fourth-order valence-electron chi connectivity index (χ4n) is 0.810. The number of hydrogen-bond acceptors (Lipinski definition) is 0. The van der Waals surface area contributed by atoms with Gasteiger partial charge in [0.15, 0.2) is 0 Å². The van der Waals surface area contributed by atoms with Gasteiger partial charge in [-0.05, 0) is 24.6 Å². The maximum absolute atomic E-state index is 12.7. The largest absolute Gasteiger partial charge is 0.416 e. The van der Waals surface area contributed by atoms with Gasteiger partial charge in [-0.25, -0.2) is 4.39 Å². The molecule has 0 aliphatic heterocycles. The summed E-state index contributed by atoms with van der Waals surface area (Å²) in [5, 5.41) is -0.570. The fraction of sp³-hybridized carbons (Fsp3) is 0.125. The van der Waals surface area contributed by atoms with Gasteiger partial charge in [-0.3, -0.25) is 0 Å². The summed E-state index contributed by atoms with van der Waals surface area (Å²) < 4.78 is 48.9. The quantitative estimate of drug-likeness (QED) is 0.575. The molecule has 0 aliphatic carbocycles. The van der Waals surface area contributed by atoms with Crippen LogP contribution in [0.3, 0.4) is 0 Å². The lowest BCUT2D eigenvalue weighted by Crippen LogP contribution is -2.05. The summed E-state index contributed by atoms with van der Waals surface area (Å²) in [6, 6.07) is 1.15. The smallest absolute Gasteiger partial charge is 0.205 e. The van der Waals surface area contributed by atoms with E-state index in [-0.39, 0.29) is 5.56 Å². The Kier molecular flexibility index (Phi) is 2.52. The van der Waals surface area contributed by atoms with Crippen LogP contribution < -0.4 is 0 Å². The van der Waals surface area contributed by atoms with Crippen molar-refractivity contribution in [1.29, 1.82) is 0 Å². The maximum atomic E-state index is 12.7. The van der Waals surface area contributed by atoms with Crippen molar-refractivity contribution >= 4 is 11.6 Å². The summed E-state index contributed by atoms with van der Waals surface area (Å²) in [6.07, 6.45) is -4.52. The van der Waals surface area contributed by atoms with Crippen molar-refractivity contribution in [2.75, 3.05) is 0 Å². The second kappa shape index (κ2) is 3.18. The zero-order valence-electron chi connectivity index (χ0n) is 6.25. The van der Waals surface area contributed by atoms with Gasteiger partial charge in [-0.15, -0.1) is 0 Å². The first-order valence-electron chi connectivity index (χ1n) is 3.20. The lowest BCUT2D eigenvalue weighted by molar-refractivity contribution is -0.137. The highest BCUT2D eigenvalue weighted by Crippen LogP contribution is 2.32. The summed E-state index contributed by atoms with van der Waals surface area (Å²) >= 11 is 5.21. The standard InChI is InChI=1S/C8H4ClF4/c1-4-2-5(8(11,12)13)3-6(9)7(4)10/h2-3H,1H2. The topological polar surface area (TPSA) is 0 Å². The summed E-state index contributed by atoms with van der Waals surface area (Å²) in [6.45, 7) is 3.10. The predicted molar refractivity (Wildman–Crippen MR) is 40.9 cm³/mol. The Labute approximate surface area is 77.1 Å². The second-order valence-corrected chi connectivity index (χ2v) is 2.84. The van der Waals surface area contributed by atoms with Crippen LogP contribution >= 0.6 is 11.6 Å². The third-order valence-electron chi connectivity index (χ3n) is 1.43. The normalized spacial score (nSPS) is 11.8. The monoisotopic (exact) mass is 211 g/mol. The van der Waals surface area contributed by atoms with Gasteiger partial charge in [0, 0.05) is 0 Å². The highest BCUT2D eigenvalue weighted by molar-refractivity contribution is 6.30. The summed E-state index contributed by atoms with van der Waals surface area (Å²) in [4.78, 5) is 0. The number of benzene rings is 1. The average molecular weight is 212 g/mol. The van der Waals surface area contributed by atoms with Crippen molar-refractivity contribution in [3.63, 3.8) is 0 Å². The summed E-state index contributed by atoms with van der Waals surface area (Å²) in [5.41, 5.74) is -1.36. The number of rotatable bonds is 0. The van der Waals surface area contributed by atoms with E-state index in [9.17, 15) is 17.6 Å². The van der Waals surface area contributed by atoms with Crippen LogP contribution in [0.2, 0.25) is 5.02 Å². The summed E-state index contributed by atoms with van der Waals surface area (Å²) in [5.74, 6) is -0.922.